The van der Waals surface area contributed by atoms with Gasteiger partial charge < -0.3 is 15.5 Å². The van der Waals surface area contributed by atoms with Crippen LogP contribution in [0.1, 0.15) is 83.1 Å². The number of phenolic OH excluding ortho intramolecular Hbond substituents is 1. The summed E-state index contributed by atoms with van der Waals surface area (Å²) in [5, 5.41) is 21.0. The number of carbonyl (C=O) groups is 2. The van der Waals surface area contributed by atoms with E-state index >= 15 is 0 Å². The SMILES string of the molecule is CCCCC/C=C\C/C=C\CCCCCC(Cl)CC(=O)N[C@@H](Cc1ccc(O)cc1)C(=O)O. The third-order valence-electron chi connectivity index (χ3n) is 5.38. The summed E-state index contributed by atoms with van der Waals surface area (Å²) in [4.78, 5) is 23.7. The number of allylic oxidation sites excluding steroid dienone is 4. The lowest BCUT2D eigenvalue weighted by Crippen LogP contribution is -2.43. The van der Waals surface area contributed by atoms with Gasteiger partial charge in [0.15, 0.2) is 0 Å². The molecule has 0 spiro atoms. The molecule has 1 rings (SSSR count). The second kappa shape index (κ2) is 18.2. The van der Waals surface area contributed by atoms with Crippen LogP contribution in [0.15, 0.2) is 48.6 Å². The lowest BCUT2D eigenvalue weighted by atomic mass is 10.0. The molecule has 0 bridgehead atoms. The van der Waals surface area contributed by atoms with Crippen molar-refractivity contribution in [2.45, 2.75) is 95.4 Å². The van der Waals surface area contributed by atoms with Crippen LogP contribution in [0.25, 0.3) is 0 Å². The summed E-state index contributed by atoms with van der Waals surface area (Å²) in [6.07, 6.45) is 20.1. The first-order valence-electron chi connectivity index (χ1n) is 12.2. The van der Waals surface area contributed by atoms with E-state index in [9.17, 15) is 19.8 Å². The highest BCUT2D eigenvalue weighted by Crippen LogP contribution is 2.15. The van der Waals surface area contributed by atoms with Crippen LogP contribution in [0, 0.1) is 0 Å². The minimum Gasteiger partial charge on any atom is -0.508 e. The molecule has 0 heterocycles. The van der Waals surface area contributed by atoms with Crippen LogP contribution in [-0.2, 0) is 16.0 Å². The third kappa shape index (κ3) is 15.2. The Morgan fingerprint density at radius 2 is 1.61 bits per heavy atom. The maximum Gasteiger partial charge on any atom is 0.326 e. The van der Waals surface area contributed by atoms with E-state index in [2.05, 4.69) is 36.5 Å². The van der Waals surface area contributed by atoms with Crippen LogP contribution < -0.4 is 5.32 Å². The summed E-state index contributed by atoms with van der Waals surface area (Å²) in [5.41, 5.74) is 0.722. The molecule has 6 heteroatoms. The Balaban J connectivity index is 2.16. The molecule has 3 N–H and O–H groups in total. The maximum atomic E-state index is 12.2. The monoisotopic (exact) mass is 477 g/mol. The van der Waals surface area contributed by atoms with Crippen molar-refractivity contribution in [3.63, 3.8) is 0 Å². The maximum absolute atomic E-state index is 12.2. The van der Waals surface area contributed by atoms with Gasteiger partial charge in [-0.2, -0.15) is 0 Å². The average molecular weight is 478 g/mol. The van der Waals surface area contributed by atoms with Crippen LogP contribution in [0.4, 0.5) is 0 Å². The predicted molar refractivity (Wildman–Crippen MR) is 136 cm³/mol. The van der Waals surface area contributed by atoms with E-state index in [1.165, 1.54) is 37.8 Å². The largest absolute Gasteiger partial charge is 0.508 e. The molecule has 1 aromatic carbocycles. The zero-order chi connectivity index (χ0) is 24.3. The number of benzene rings is 1. The summed E-state index contributed by atoms with van der Waals surface area (Å²) in [5.74, 6) is -1.34. The molecule has 1 unspecified atom stereocenters. The lowest BCUT2D eigenvalue weighted by Gasteiger charge is -2.16. The number of amides is 1. The van der Waals surface area contributed by atoms with Crippen LogP contribution in [0.3, 0.4) is 0 Å². The lowest BCUT2D eigenvalue weighted by molar-refractivity contribution is -0.141. The van der Waals surface area contributed by atoms with E-state index < -0.39 is 12.0 Å². The fourth-order valence-corrected chi connectivity index (χ4v) is 3.74. The van der Waals surface area contributed by atoms with E-state index in [1.54, 1.807) is 12.1 Å². The number of halogens is 1. The van der Waals surface area contributed by atoms with Crippen molar-refractivity contribution in [2.24, 2.45) is 0 Å². The number of phenols is 1. The fourth-order valence-electron chi connectivity index (χ4n) is 3.45. The summed E-state index contributed by atoms with van der Waals surface area (Å²) < 4.78 is 0. The topological polar surface area (TPSA) is 86.6 Å². The first kappa shape index (κ1) is 28.8. The molecule has 5 nitrogen and oxygen atoms in total. The first-order chi connectivity index (χ1) is 15.9. The molecule has 33 heavy (non-hydrogen) atoms. The van der Waals surface area contributed by atoms with Gasteiger partial charge in [-0.3, -0.25) is 4.79 Å². The van der Waals surface area contributed by atoms with Crippen LogP contribution in [0.5, 0.6) is 5.75 Å². The van der Waals surface area contributed by atoms with Gasteiger partial charge in [-0.15, -0.1) is 11.6 Å². The van der Waals surface area contributed by atoms with Gasteiger partial charge in [-0.25, -0.2) is 4.79 Å². The average Bonchev–Trinajstić information content (AvgIpc) is 2.77. The van der Waals surface area contributed by atoms with Crippen LogP contribution in [0.2, 0.25) is 0 Å². The fraction of sp³-hybridized carbons (Fsp3) is 0.556. The summed E-state index contributed by atoms with van der Waals surface area (Å²) in [7, 11) is 0. The zero-order valence-electron chi connectivity index (χ0n) is 19.8. The minimum atomic E-state index is -1.09. The number of hydrogen-bond acceptors (Lipinski definition) is 3. The van der Waals surface area contributed by atoms with Crippen molar-refractivity contribution in [1.29, 1.82) is 0 Å². The molecule has 1 aromatic rings. The number of hydrogen-bond donors (Lipinski definition) is 3. The van der Waals surface area contributed by atoms with Crippen molar-refractivity contribution in [1.82, 2.24) is 5.32 Å². The first-order valence-corrected chi connectivity index (χ1v) is 12.6. The van der Waals surface area contributed by atoms with E-state index in [-0.39, 0.29) is 29.9 Å². The molecule has 1 amide bonds. The minimum absolute atomic E-state index is 0.103. The molecule has 0 aromatic heterocycles. The van der Waals surface area contributed by atoms with Gasteiger partial charge in [-0.05, 0) is 56.2 Å². The Bertz CT molecular complexity index is 730. The standard InChI is InChI=1S/C27H40ClNO4/c1-2-3-4-5-6-7-8-9-10-11-12-13-14-15-23(28)21-26(31)29-25(27(32)33)20-22-16-18-24(30)19-17-22/h6-7,9-10,16-19,23,25,30H,2-5,8,11-15,20-21H2,1H3,(H,29,31)(H,32,33)/b7-6-,10-9-/t23?,25-/m0/s1. The van der Waals surface area contributed by atoms with E-state index in [4.69, 9.17) is 11.6 Å². The highest BCUT2D eigenvalue weighted by atomic mass is 35.5. The Labute approximate surface area is 203 Å². The molecule has 0 aliphatic heterocycles. The number of alkyl halides is 1. The van der Waals surface area contributed by atoms with Crippen molar-refractivity contribution in [3.05, 3.63) is 54.1 Å². The number of aromatic hydroxyl groups is 1. The van der Waals surface area contributed by atoms with Crippen molar-refractivity contribution in [3.8, 4) is 5.75 Å². The van der Waals surface area contributed by atoms with Gasteiger partial charge in [0.25, 0.3) is 0 Å². The highest BCUT2D eigenvalue weighted by Gasteiger charge is 2.21. The highest BCUT2D eigenvalue weighted by molar-refractivity contribution is 6.21. The molecule has 0 aliphatic carbocycles. The van der Waals surface area contributed by atoms with E-state index in [0.29, 0.717) is 0 Å². The molecule has 0 aliphatic rings. The Kier molecular flexibility index (Phi) is 15.9. The van der Waals surface area contributed by atoms with E-state index in [0.717, 1.165) is 44.1 Å². The van der Waals surface area contributed by atoms with Crippen LogP contribution >= 0.6 is 11.6 Å². The molecule has 0 saturated carbocycles. The number of rotatable bonds is 18. The van der Waals surface area contributed by atoms with Gasteiger partial charge in [0.1, 0.15) is 11.8 Å². The predicted octanol–water partition coefficient (Wildman–Crippen LogP) is 6.53. The van der Waals surface area contributed by atoms with Crippen molar-refractivity contribution in [2.75, 3.05) is 0 Å². The second-order valence-electron chi connectivity index (χ2n) is 8.44. The third-order valence-corrected chi connectivity index (χ3v) is 5.76. The number of aliphatic carboxylic acids is 1. The Hall–Kier alpha value is -2.27. The van der Waals surface area contributed by atoms with Crippen molar-refractivity contribution < 1.29 is 19.8 Å². The van der Waals surface area contributed by atoms with Gasteiger partial charge in [-0.1, -0.05) is 69.0 Å². The number of nitrogens with one attached hydrogen (secondary N) is 1. The smallest absolute Gasteiger partial charge is 0.326 e. The molecule has 2 atom stereocenters. The molecule has 0 saturated heterocycles. The van der Waals surface area contributed by atoms with Crippen LogP contribution in [-0.4, -0.2) is 33.5 Å². The van der Waals surface area contributed by atoms with E-state index in [1.807, 2.05) is 0 Å². The quantitative estimate of drug-likeness (QED) is 0.127. The number of carboxylic acids is 1. The number of carbonyl (C=O) groups excluding carboxylic acids is 1. The molecular formula is C27H40ClNO4. The Morgan fingerprint density at radius 1 is 0.970 bits per heavy atom. The Morgan fingerprint density at radius 3 is 2.21 bits per heavy atom. The number of unbranched alkanes of at least 4 members (excludes halogenated alkanes) is 6. The zero-order valence-corrected chi connectivity index (χ0v) is 20.6. The van der Waals surface area contributed by atoms with Gasteiger partial charge in [0.2, 0.25) is 5.91 Å². The molecule has 0 radical (unpaired) electrons. The summed E-state index contributed by atoms with van der Waals surface area (Å²) in [6, 6.07) is 5.24. The van der Waals surface area contributed by atoms with Crippen molar-refractivity contribution >= 4 is 23.5 Å². The normalized spacial score (nSPS) is 13.4. The molecule has 0 fully saturated rings. The second-order valence-corrected chi connectivity index (χ2v) is 9.06. The van der Waals surface area contributed by atoms with Gasteiger partial charge in [0, 0.05) is 18.2 Å². The molecular weight excluding hydrogens is 438 g/mol. The van der Waals surface area contributed by atoms with Gasteiger partial charge >= 0.3 is 5.97 Å². The summed E-state index contributed by atoms with van der Waals surface area (Å²) in [6.45, 7) is 2.22. The van der Waals surface area contributed by atoms with Gasteiger partial charge in [0.05, 0.1) is 0 Å². The molecule has 184 valence electrons. The summed E-state index contributed by atoms with van der Waals surface area (Å²) >= 11 is 6.30. The number of carboxylic acid groups (broad SMARTS) is 1.